The molecule has 2 aromatic rings. The molecule has 0 aliphatic heterocycles. The van der Waals surface area contributed by atoms with E-state index < -0.39 is 10.1 Å². The van der Waals surface area contributed by atoms with Crippen molar-refractivity contribution >= 4 is 20.9 Å². The second-order valence-corrected chi connectivity index (χ2v) is 4.53. The van der Waals surface area contributed by atoms with Gasteiger partial charge in [-0.2, -0.15) is 8.42 Å². The molecule has 0 fully saturated rings. The average molecular weight is 248 g/mol. The SMILES string of the molecule is O=S(=O)(O)c1cc(O)cc2ccccc12.[H-].[Na+]. The third-order valence-corrected chi connectivity index (χ3v) is 2.98. The average Bonchev–Trinajstić information content (AvgIpc) is 2.15. The Balaban J connectivity index is 0.00000128. The van der Waals surface area contributed by atoms with Gasteiger partial charge in [-0.15, -0.1) is 0 Å². The number of fused-ring (bicyclic) bond motifs is 1. The molecule has 4 nitrogen and oxygen atoms in total. The van der Waals surface area contributed by atoms with Crippen LogP contribution in [0.4, 0.5) is 0 Å². The van der Waals surface area contributed by atoms with Crippen molar-refractivity contribution in [2.45, 2.75) is 4.90 Å². The fourth-order valence-corrected chi connectivity index (χ4v) is 2.21. The van der Waals surface area contributed by atoms with E-state index in [0.29, 0.717) is 10.8 Å². The molecule has 80 valence electrons. The minimum atomic E-state index is -4.31. The largest absolute Gasteiger partial charge is 1.00 e. The van der Waals surface area contributed by atoms with Crippen LogP contribution in [0.3, 0.4) is 0 Å². The summed E-state index contributed by atoms with van der Waals surface area (Å²) in [6.45, 7) is 0. The minimum Gasteiger partial charge on any atom is -1.00 e. The molecule has 2 N–H and O–H groups in total. The number of hydrogen-bond donors (Lipinski definition) is 2. The summed E-state index contributed by atoms with van der Waals surface area (Å²) < 4.78 is 31.1. The van der Waals surface area contributed by atoms with Gasteiger partial charge in [0.15, 0.2) is 0 Å². The number of hydrogen-bond acceptors (Lipinski definition) is 3. The molecular formula is C10H9NaO4S. The number of benzene rings is 2. The summed E-state index contributed by atoms with van der Waals surface area (Å²) >= 11 is 0. The van der Waals surface area contributed by atoms with Gasteiger partial charge in [0.2, 0.25) is 0 Å². The molecule has 0 aliphatic carbocycles. The molecule has 0 spiro atoms. The Kier molecular flexibility index (Phi) is 3.98. The molecule has 0 radical (unpaired) electrons. The molecule has 2 aromatic carbocycles. The molecule has 16 heavy (non-hydrogen) atoms. The van der Waals surface area contributed by atoms with Gasteiger partial charge in [-0.3, -0.25) is 4.55 Å². The van der Waals surface area contributed by atoms with Crippen LogP contribution in [0.5, 0.6) is 5.75 Å². The first-order chi connectivity index (χ1) is 6.98. The molecule has 0 bridgehead atoms. The Morgan fingerprint density at radius 3 is 2.38 bits per heavy atom. The maximum absolute atomic E-state index is 11.0. The summed E-state index contributed by atoms with van der Waals surface area (Å²) in [5, 5.41) is 10.2. The van der Waals surface area contributed by atoms with E-state index in [9.17, 15) is 13.5 Å². The molecule has 0 unspecified atom stereocenters. The van der Waals surface area contributed by atoms with Crippen LogP contribution in [0.1, 0.15) is 1.43 Å². The van der Waals surface area contributed by atoms with Crippen LogP contribution < -0.4 is 29.6 Å². The molecule has 0 atom stereocenters. The zero-order chi connectivity index (χ0) is 11.1. The van der Waals surface area contributed by atoms with Gasteiger partial charge in [0.1, 0.15) is 10.6 Å². The van der Waals surface area contributed by atoms with E-state index in [-0.39, 0.29) is 41.6 Å². The molecule has 0 aliphatic rings. The van der Waals surface area contributed by atoms with E-state index >= 15 is 0 Å². The van der Waals surface area contributed by atoms with E-state index in [1.54, 1.807) is 24.3 Å². The van der Waals surface area contributed by atoms with E-state index in [4.69, 9.17) is 4.55 Å². The first-order valence-electron chi connectivity index (χ1n) is 4.18. The predicted molar refractivity (Wildman–Crippen MR) is 56.5 cm³/mol. The van der Waals surface area contributed by atoms with Crippen molar-refractivity contribution in [1.29, 1.82) is 0 Å². The summed E-state index contributed by atoms with van der Waals surface area (Å²) in [5.41, 5.74) is 0. The number of phenolic OH excluding ortho intramolecular Hbond substituents is 1. The molecule has 6 heteroatoms. The van der Waals surface area contributed by atoms with Crippen LogP contribution in [0.2, 0.25) is 0 Å². The summed E-state index contributed by atoms with van der Waals surface area (Å²) in [6, 6.07) is 9.06. The number of rotatable bonds is 1. The fraction of sp³-hybridized carbons (Fsp3) is 0. The standard InChI is InChI=1S/C10H8O4S.Na.H/c11-8-5-7-3-1-2-4-9(7)10(6-8)15(12,13)14;;/h1-6,11H,(H,12,13,14);;/q;+1;-1. The monoisotopic (exact) mass is 248 g/mol. The van der Waals surface area contributed by atoms with Gasteiger partial charge in [-0.05, 0) is 11.5 Å². The quantitative estimate of drug-likeness (QED) is 0.496. The zero-order valence-electron chi connectivity index (χ0n) is 9.58. The minimum absolute atomic E-state index is 0. The van der Waals surface area contributed by atoms with Crippen molar-refractivity contribution in [3.05, 3.63) is 36.4 Å². The maximum atomic E-state index is 11.0. The molecule has 2 rings (SSSR count). The van der Waals surface area contributed by atoms with Gasteiger partial charge in [0, 0.05) is 11.5 Å². The van der Waals surface area contributed by atoms with Gasteiger partial charge in [0.05, 0.1) is 0 Å². The Bertz CT molecular complexity index is 627. The summed E-state index contributed by atoms with van der Waals surface area (Å²) in [7, 11) is -4.31. The second-order valence-electron chi connectivity index (χ2n) is 3.14. The van der Waals surface area contributed by atoms with Crippen molar-refractivity contribution in [1.82, 2.24) is 0 Å². The first-order valence-corrected chi connectivity index (χ1v) is 5.62. The maximum Gasteiger partial charge on any atom is 1.00 e. The molecule has 0 amide bonds. The Morgan fingerprint density at radius 1 is 1.12 bits per heavy atom. The zero-order valence-corrected chi connectivity index (χ0v) is 11.4. The van der Waals surface area contributed by atoms with Crippen molar-refractivity contribution in [2.24, 2.45) is 0 Å². The van der Waals surface area contributed by atoms with Crippen LogP contribution in [-0.2, 0) is 10.1 Å². The van der Waals surface area contributed by atoms with Crippen molar-refractivity contribution in [2.75, 3.05) is 0 Å². The van der Waals surface area contributed by atoms with Crippen LogP contribution in [0.15, 0.2) is 41.3 Å². The van der Waals surface area contributed by atoms with Crippen molar-refractivity contribution < 1.29 is 49.1 Å². The van der Waals surface area contributed by atoms with Gasteiger partial charge in [-0.25, -0.2) is 0 Å². The summed E-state index contributed by atoms with van der Waals surface area (Å²) in [4.78, 5) is -0.280. The number of phenols is 1. The molecule has 0 saturated heterocycles. The molecule has 0 saturated carbocycles. The summed E-state index contributed by atoms with van der Waals surface area (Å²) in [6.07, 6.45) is 0. The second kappa shape index (κ2) is 4.73. The summed E-state index contributed by atoms with van der Waals surface area (Å²) in [5.74, 6) is -0.193. The van der Waals surface area contributed by atoms with E-state index in [0.717, 1.165) is 6.07 Å². The van der Waals surface area contributed by atoms with Gasteiger partial charge in [0.25, 0.3) is 10.1 Å². The Morgan fingerprint density at radius 2 is 1.75 bits per heavy atom. The van der Waals surface area contributed by atoms with Crippen molar-refractivity contribution in [3.8, 4) is 5.75 Å². The normalized spacial score (nSPS) is 11.1. The third kappa shape index (κ3) is 2.56. The molecular weight excluding hydrogens is 239 g/mol. The van der Waals surface area contributed by atoms with Crippen LogP contribution in [-0.4, -0.2) is 18.1 Å². The Hall–Kier alpha value is -0.590. The van der Waals surface area contributed by atoms with Crippen LogP contribution in [0, 0.1) is 0 Å². The number of aromatic hydroxyl groups is 1. The van der Waals surface area contributed by atoms with Crippen LogP contribution >= 0.6 is 0 Å². The van der Waals surface area contributed by atoms with E-state index in [1.165, 1.54) is 6.07 Å². The van der Waals surface area contributed by atoms with Gasteiger partial charge in [-0.1, -0.05) is 24.3 Å². The van der Waals surface area contributed by atoms with Gasteiger partial charge >= 0.3 is 29.6 Å². The Labute approximate surface area is 116 Å². The smallest absolute Gasteiger partial charge is 1.00 e. The third-order valence-electron chi connectivity index (χ3n) is 2.09. The van der Waals surface area contributed by atoms with Gasteiger partial charge < -0.3 is 6.53 Å². The topological polar surface area (TPSA) is 74.6 Å². The van der Waals surface area contributed by atoms with Crippen LogP contribution in [0.25, 0.3) is 10.8 Å². The predicted octanol–water partition coefficient (Wildman–Crippen LogP) is -1.09. The van der Waals surface area contributed by atoms with E-state index in [1.807, 2.05) is 0 Å². The van der Waals surface area contributed by atoms with E-state index in [2.05, 4.69) is 0 Å². The fourth-order valence-electron chi connectivity index (χ4n) is 1.47. The molecule has 0 aromatic heterocycles. The first kappa shape index (κ1) is 13.5. The van der Waals surface area contributed by atoms with Crippen molar-refractivity contribution in [3.63, 3.8) is 0 Å². The molecule has 0 heterocycles.